The third-order valence-corrected chi connectivity index (χ3v) is 11.5. The maximum atomic E-state index is 2.68. The Balaban J connectivity index is 1.38. The van der Waals surface area contributed by atoms with E-state index in [1.54, 1.807) is 5.57 Å². The predicted molar refractivity (Wildman–Crippen MR) is 190 cm³/mol. The molecule has 0 saturated carbocycles. The molecule has 1 heteroatoms. The number of hydrogen-bond donors (Lipinski definition) is 0. The molecule has 0 fully saturated rings. The average molecular weight is 578 g/mol. The highest BCUT2D eigenvalue weighted by atomic mass is 15.0. The smallest absolute Gasteiger partial charge is 0.0582 e. The number of para-hydroxylation sites is 1. The highest BCUT2D eigenvalue weighted by molar-refractivity contribution is 6.09. The first-order chi connectivity index (χ1) is 21.8. The van der Waals surface area contributed by atoms with Gasteiger partial charge in [-0.15, -0.1) is 0 Å². The van der Waals surface area contributed by atoms with E-state index in [0.29, 0.717) is 0 Å². The van der Waals surface area contributed by atoms with Gasteiger partial charge in [-0.05, 0) is 85.1 Å². The fraction of sp³-hybridized carbons (Fsp3) is 0.182. The first kappa shape index (κ1) is 25.4. The summed E-state index contributed by atoms with van der Waals surface area (Å²) in [5, 5.41) is 9.63. The van der Waals surface area contributed by atoms with Gasteiger partial charge < -0.3 is 4.57 Å². The zero-order valence-electron chi connectivity index (χ0n) is 26.3. The molecule has 1 aliphatic carbocycles. The van der Waals surface area contributed by atoms with E-state index in [4.69, 9.17) is 0 Å². The van der Waals surface area contributed by atoms with Gasteiger partial charge in [-0.3, -0.25) is 0 Å². The fourth-order valence-electron chi connectivity index (χ4n) is 9.22. The standard InChI is InChI=1S/C44H35N/c1-43(2)36-19-12-20-37-42(36)45-40-34(22-28(24-38(40)43)26-13-6-5-7-14-26)35-23-29(25-39(41(35)45)44(37,3)4)33-21-27-15-8-9-16-30(27)31-17-10-11-18-32(31)33/h5-24,29H,25H2,1-4H3. The first-order valence-corrected chi connectivity index (χ1v) is 16.4. The molecular formula is C44H35N. The molecular weight excluding hydrogens is 542 g/mol. The molecule has 1 aromatic heterocycles. The minimum atomic E-state index is -0.118. The van der Waals surface area contributed by atoms with Crippen LogP contribution in [0.4, 0.5) is 0 Å². The molecule has 7 aromatic rings. The average Bonchev–Trinajstić information content (AvgIpc) is 3.40. The summed E-state index contributed by atoms with van der Waals surface area (Å²) in [7, 11) is 0. The third kappa shape index (κ3) is 3.14. The summed E-state index contributed by atoms with van der Waals surface area (Å²) in [6, 6.07) is 43.4. The lowest BCUT2D eigenvalue weighted by Crippen LogP contribution is -2.46. The van der Waals surface area contributed by atoms with Gasteiger partial charge in [0, 0.05) is 27.4 Å². The van der Waals surface area contributed by atoms with Crippen LogP contribution in [-0.2, 0) is 10.8 Å². The van der Waals surface area contributed by atoms with E-state index in [-0.39, 0.29) is 16.7 Å². The van der Waals surface area contributed by atoms with Gasteiger partial charge in [0.1, 0.15) is 0 Å². The van der Waals surface area contributed by atoms with Crippen LogP contribution in [0, 0.1) is 0 Å². The van der Waals surface area contributed by atoms with Crippen molar-refractivity contribution < 1.29 is 0 Å². The molecule has 1 atom stereocenters. The summed E-state index contributed by atoms with van der Waals surface area (Å²) in [6.07, 6.45) is 3.65. The summed E-state index contributed by atoms with van der Waals surface area (Å²) in [5.74, 6) is 0.280. The van der Waals surface area contributed by atoms with Crippen molar-refractivity contribution in [3.8, 4) is 16.8 Å². The SMILES string of the molecule is CC1(C)C2=c3c(c4cc(-c5ccccc5)cc5c4n3-c3c1cccc3C5(C)C)=CC(c1cc3ccccc3c3ccccc13)C2. The zero-order chi connectivity index (χ0) is 30.2. The van der Waals surface area contributed by atoms with Gasteiger partial charge in [0.25, 0.3) is 0 Å². The zero-order valence-corrected chi connectivity index (χ0v) is 26.3. The van der Waals surface area contributed by atoms with Gasteiger partial charge in [-0.25, -0.2) is 0 Å². The molecule has 1 unspecified atom stereocenters. The van der Waals surface area contributed by atoms with Crippen LogP contribution in [0.1, 0.15) is 62.3 Å². The van der Waals surface area contributed by atoms with Gasteiger partial charge in [0.2, 0.25) is 0 Å². The van der Waals surface area contributed by atoms with Crippen molar-refractivity contribution in [1.29, 1.82) is 0 Å². The van der Waals surface area contributed by atoms with Crippen molar-refractivity contribution in [2.75, 3.05) is 0 Å². The van der Waals surface area contributed by atoms with Crippen molar-refractivity contribution >= 4 is 44.1 Å². The summed E-state index contributed by atoms with van der Waals surface area (Å²) in [5.41, 5.74) is 12.5. The lowest BCUT2D eigenvalue weighted by atomic mass is 9.66. The monoisotopic (exact) mass is 577 g/mol. The molecule has 0 spiro atoms. The molecule has 0 bridgehead atoms. The van der Waals surface area contributed by atoms with E-state index in [9.17, 15) is 0 Å². The van der Waals surface area contributed by atoms with Crippen molar-refractivity contribution in [2.45, 2.75) is 50.9 Å². The van der Waals surface area contributed by atoms with E-state index in [1.165, 1.54) is 82.1 Å². The van der Waals surface area contributed by atoms with Gasteiger partial charge >= 0.3 is 0 Å². The lowest BCUT2D eigenvalue weighted by molar-refractivity contribution is 0.587. The molecule has 45 heavy (non-hydrogen) atoms. The van der Waals surface area contributed by atoms with Crippen molar-refractivity contribution in [3.05, 3.63) is 148 Å². The molecule has 10 rings (SSSR count). The van der Waals surface area contributed by atoms with E-state index in [0.717, 1.165) is 6.42 Å². The molecule has 0 amide bonds. The molecule has 6 aromatic carbocycles. The second-order valence-corrected chi connectivity index (χ2v) is 14.5. The Kier molecular flexibility index (Phi) is 4.77. The Labute approximate surface area is 263 Å². The number of nitrogens with zero attached hydrogens (tertiary/aromatic N) is 1. The summed E-state index contributed by atoms with van der Waals surface area (Å²) in [4.78, 5) is 0. The molecule has 1 nitrogen and oxygen atoms in total. The number of hydrogen-bond acceptors (Lipinski definition) is 0. The van der Waals surface area contributed by atoms with Crippen LogP contribution in [0.25, 0.3) is 60.9 Å². The van der Waals surface area contributed by atoms with Crippen LogP contribution in [0.3, 0.4) is 0 Å². The molecule has 0 N–H and O–H groups in total. The highest BCUT2D eigenvalue weighted by Crippen LogP contribution is 2.52. The quantitative estimate of drug-likeness (QED) is 0.180. The minimum Gasteiger partial charge on any atom is -0.308 e. The van der Waals surface area contributed by atoms with Gasteiger partial charge in [0.05, 0.1) is 16.6 Å². The van der Waals surface area contributed by atoms with E-state index in [1.807, 2.05) is 0 Å². The number of rotatable bonds is 2. The Hall–Kier alpha value is -4.88. The molecule has 0 radical (unpaired) electrons. The second-order valence-electron chi connectivity index (χ2n) is 14.5. The molecule has 2 aliphatic heterocycles. The molecule has 0 saturated heterocycles. The van der Waals surface area contributed by atoms with Crippen molar-refractivity contribution in [1.82, 2.24) is 4.57 Å². The summed E-state index contributed by atoms with van der Waals surface area (Å²) < 4.78 is 2.68. The van der Waals surface area contributed by atoms with Crippen LogP contribution in [0.2, 0.25) is 0 Å². The van der Waals surface area contributed by atoms with E-state index < -0.39 is 0 Å². The fourth-order valence-corrected chi connectivity index (χ4v) is 9.22. The largest absolute Gasteiger partial charge is 0.308 e. The third-order valence-electron chi connectivity index (χ3n) is 11.5. The van der Waals surface area contributed by atoms with Crippen LogP contribution in [0.5, 0.6) is 0 Å². The molecule has 216 valence electrons. The first-order valence-electron chi connectivity index (χ1n) is 16.4. The second kappa shape index (κ2) is 8.43. The number of aromatic nitrogens is 1. The van der Waals surface area contributed by atoms with Gasteiger partial charge in [0.15, 0.2) is 0 Å². The van der Waals surface area contributed by atoms with Crippen LogP contribution < -0.4 is 10.6 Å². The Morgan fingerprint density at radius 1 is 0.578 bits per heavy atom. The van der Waals surface area contributed by atoms with Crippen LogP contribution in [-0.4, -0.2) is 4.57 Å². The van der Waals surface area contributed by atoms with E-state index in [2.05, 4.69) is 154 Å². The van der Waals surface area contributed by atoms with Crippen LogP contribution >= 0.6 is 0 Å². The minimum absolute atomic E-state index is 0.0839. The highest BCUT2D eigenvalue weighted by Gasteiger charge is 2.44. The predicted octanol–water partition coefficient (Wildman–Crippen LogP) is 9.65. The normalized spacial score (nSPS) is 18.4. The van der Waals surface area contributed by atoms with Crippen molar-refractivity contribution in [2.24, 2.45) is 0 Å². The van der Waals surface area contributed by atoms with Gasteiger partial charge in [-0.1, -0.05) is 131 Å². The summed E-state index contributed by atoms with van der Waals surface area (Å²) in [6.45, 7) is 9.81. The molecule has 3 aliphatic rings. The maximum absolute atomic E-state index is 2.68. The maximum Gasteiger partial charge on any atom is 0.0582 e. The lowest BCUT2D eigenvalue weighted by Gasteiger charge is -2.43. The Morgan fingerprint density at radius 3 is 2.07 bits per heavy atom. The number of benzene rings is 6. The Morgan fingerprint density at radius 2 is 1.27 bits per heavy atom. The van der Waals surface area contributed by atoms with Gasteiger partial charge in [-0.2, -0.15) is 0 Å². The summed E-state index contributed by atoms with van der Waals surface area (Å²) >= 11 is 0. The number of fused-ring (bicyclic) bond motifs is 4. The van der Waals surface area contributed by atoms with E-state index >= 15 is 0 Å². The van der Waals surface area contributed by atoms with Crippen molar-refractivity contribution in [3.63, 3.8) is 0 Å². The topological polar surface area (TPSA) is 4.93 Å². The Bertz CT molecular complexity index is 2560. The molecule has 3 heterocycles. The van der Waals surface area contributed by atoms with Crippen LogP contribution in [0.15, 0.2) is 115 Å².